The van der Waals surface area contributed by atoms with Gasteiger partial charge in [-0.2, -0.15) is 0 Å². The Bertz CT molecular complexity index is 382. The van der Waals surface area contributed by atoms with Gasteiger partial charge in [-0.05, 0) is 36.5 Å². The number of nitrogens with one attached hydrogen (secondary N) is 1. The average molecular weight is 258 g/mol. The third-order valence-corrected chi connectivity index (χ3v) is 3.39. The molecule has 0 heterocycles. The Morgan fingerprint density at radius 2 is 1.94 bits per heavy atom. The van der Waals surface area contributed by atoms with Crippen LogP contribution in [-0.4, -0.2) is 12.5 Å². The van der Waals surface area contributed by atoms with Crippen LogP contribution in [0.3, 0.4) is 0 Å². The third-order valence-electron chi connectivity index (χ3n) is 2.68. The lowest BCUT2D eigenvalue weighted by atomic mass is 10.1. The predicted octanol–water partition coefficient (Wildman–Crippen LogP) is 3.06. The Kier molecular flexibility index (Phi) is 3.72. The average Bonchev–Trinajstić information content (AvgIpc) is 3.04. The van der Waals surface area contributed by atoms with E-state index in [1.165, 1.54) is 12.8 Å². The predicted molar refractivity (Wildman–Crippen MR) is 65.9 cm³/mol. The highest BCUT2D eigenvalue weighted by molar-refractivity contribution is 6.36. The van der Waals surface area contributed by atoms with Crippen LogP contribution >= 0.6 is 23.2 Å². The molecule has 0 radical (unpaired) electrons. The number of halogens is 2. The first-order chi connectivity index (χ1) is 7.66. The molecule has 1 fully saturated rings. The summed E-state index contributed by atoms with van der Waals surface area (Å²) in [6.07, 6.45) is 2.71. The van der Waals surface area contributed by atoms with Crippen LogP contribution in [0.5, 0.6) is 0 Å². The van der Waals surface area contributed by atoms with E-state index in [9.17, 15) is 4.79 Å². The van der Waals surface area contributed by atoms with Gasteiger partial charge in [0, 0.05) is 16.6 Å². The van der Waals surface area contributed by atoms with Gasteiger partial charge < -0.3 is 5.32 Å². The molecule has 0 aromatic heterocycles. The molecule has 86 valence electrons. The second-order valence-corrected chi connectivity index (χ2v) is 4.94. The van der Waals surface area contributed by atoms with Gasteiger partial charge in [0.2, 0.25) is 5.91 Å². The van der Waals surface area contributed by atoms with Crippen molar-refractivity contribution in [3.8, 4) is 0 Å². The number of hydrogen-bond donors (Lipinski definition) is 1. The van der Waals surface area contributed by atoms with E-state index in [1.807, 2.05) is 0 Å². The van der Waals surface area contributed by atoms with Crippen molar-refractivity contribution >= 4 is 29.1 Å². The van der Waals surface area contributed by atoms with Gasteiger partial charge in [0.25, 0.3) is 0 Å². The highest BCUT2D eigenvalue weighted by Crippen LogP contribution is 2.28. The number of carbonyl (C=O) groups is 1. The van der Waals surface area contributed by atoms with Crippen LogP contribution < -0.4 is 5.32 Å². The molecule has 0 aliphatic heterocycles. The molecule has 1 aromatic carbocycles. The van der Waals surface area contributed by atoms with Gasteiger partial charge in [-0.3, -0.25) is 4.79 Å². The Hall–Kier alpha value is -0.730. The lowest BCUT2D eigenvalue weighted by molar-refractivity contribution is -0.120. The minimum atomic E-state index is -0.0121. The highest BCUT2D eigenvalue weighted by atomic mass is 35.5. The Balaban J connectivity index is 1.93. The van der Waals surface area contributed by atoms with E-state index in [2.05, 4.69) is 5.32 Å². The first-order valence-electron chi connectivity index (χ1n) is 5.36. The SMILES string of the molecule is O=C(Cc1c(Cl)cccc1Cl)NCC1CC1. The van der Waals surface area contributed by atoms with Crippen molar-refractivity contribution in [1.82, 2.24) is 5.32 Å². The summed E-state index contributed by atoms with van der Waals surface area (Å²) in [6, 6.07) is 5.27. The minimum absolute atomic E-state index is 0.0121. The first kappa shape index (κ1) is 11.7. The summed E-state index contributed by atoms with van der Waals surface area (Å²) in [5.74, 6) is 0.674. The summed E-state index contributed by atoms with van der Waals surface area (Å²) >= 11 is 12.0. The summed E-state index contributed by atoms with van der Waals surface area (Å²) in [4.78, 5) is 11.6. The molecule has 1 saturated carbocycles. The van der Waals surface area contributed by atoms with Crippen molar-refractivity contribution in [2.75, 3.05) is 6.54 Å². The van der Waals surface area contributed by atoms with E-state index in [-0.39, 0.29) is 12.3 Å². The monoisotopic (exact) mass is 257 g/mol. The van der Waals surface area contributed by atoms with E-state index in [0.717, 1.165) is 6.54 Å². The maximum absolute atomic E-state index is 11.6. The topological polar surface area (TPSA) is 29.1 Å². The van der Waals surface area contributed by atoms with E-state index in [0.29, 0.717) is 21.5 Å². The van der Waals surface area contributed by atoms with Gasteiger partial charge >= 0.3 is 0 Å². The third kappa shape index (κ3) is 3.13. The zero-order chi connectivity index (χ0) is 11.5. The van der Waals surface area contributed by atoms with Crippen LogP contribution in [0.15, 0.2) is 18.2 Å². The van der Waals surface area contributed by atoms with Crippen LogP contribution in [0.25, 0.3) is 0 Å². The molecular weight excluding hydrogens is 245 g/mol. The molecule has 1 N–H and O–H groups in total. The van der Waals surface area contributed by atoms with Crippen LogP contribution in [0.2, 0.25) is 10.0 Å². The number of carbonyl (C=O) groups excluding carboxylic acids is 1. The molecule has 1 aliphatic rings. The summed E-state index contributed by atoms with van der Waals surface area (Å²) in [5.41, 5.74) is 0.708. The fourth-order valence-corrected chi connectivity index (χ4v) is 2.04. The molecule has 1 aliphatic carbocycles. The summed E-state index contributed by atoms with van der Waals surface area (Å²) in [5, 5.41) is 3.99. The minimum Gasteiger partial charge on any atom is -0.356 e. The maximum atomic E-state index is 11.6. The highest BCUT2D eigenvalue weighted by Gasteiger charge is 2.21. The number of rotatable bonds is 4. The molecule has 0 spiro atoms. The molecule has 2 nitrogen and oxygen atoms in total. The van der Waals surface area contributed by atoms with Crippen molar-refractivity contribution in [1.29, 1.82) is 0 Å². The van der Waals surface area contributed by atoms with E-state index in [1.54, 1.807) is 18.2 Å². The Morgan fingerprint density at radius 3 is 2.50 bits per heavy atom. The van der Waals surface area contributed by atoms with Gasteiger partial charge in [0.1, 0.15) is 0 Å². The van der Waals surface area contributed by atoms with Crippen molar-refractivity contribution in [3.05, 3.63) is 33.8 Å². The van der Waals surface area contributed by atoms with Crippen LogP contribution in [0.1, 0.15) is 18.4 Å². The molecule has 0 atom stereocenters. The van der Waals surface area contributed by atoms with Crippen molar-refractivity contribution < 1.29 is 4.79 Å². The molecule has 4 heteroatoms. The first-order valence-corrected chi connectivity index (χ1v) is 6.12. The number of benzene rings is 1. The lowest BCUT2D eigenvalue weighted by Gasteiger charge is -2.07. The van der Waals surface area contributed by atoms with Gasteiger partial charge in [0.15, 0.2) is 0 Å². The fourth-order valence-electron chi connectivity index (χ4n) is 1.50. The van der Waals surface area contributed by atoms with E-state index < -0.39 is 0 Å². The molecule has 0 bridgehead atoms. The van der Waals surface area contributed by atoms with Gasteiger partial charge in [-0.1, -0.05) is 29.3 Å². The zero-order valence-electron chi connectivity index (χ0n) is 8.80. The van der Waals surface area contributed by atoms with E-state index >= 15 is 0 Å². The fraction of sp³-hybridized carbons (Fsp3) is 0.417. The summed E-state index contributed by atoms with van der Waals surface area (Å²) in [7, 11) is 0. The van der Waals surface area contributed by atoms with Gasteiger partial charge in [-0.15, -0.1) is 0 Å². The molecule has 2 rings (SSSR count). The second kappa shape index (κ2) is 5.07. The molecular formula is C12H13Cl2NO. The smallest absolute Gasteiger partial charge is 0.224 e. The lowest BCUT2D eigenvalue weighted by Crippen LogP contribution is -2.27. The molecule has 0 unspecified atom stereocenters. The van der Waals surface area contributed by atoms with Crippen molar-refractivity contribution in [2.45, 2.75) is 19.3 Å². The van der Waals surface area contributed by atoms with Crippen molar-refractivity contribution in [3.63, 3.8) is 0 Å². The van der Waals surface area contributed by atoms with E-state index in [4.69, 9.17) is 23.2 Å². The Morgan fingerprint density at radius 1 is 1.31 bits per heavy atom. The van der Waals surface area contributed by atoms with Crippen molar-refractivity contribution in [2.24, 2.45) is 5.92 Å². The van der Waals surface area contributed by atoms with Gasteiger partial charge in [-0.25, -0.2) is 0 Å². The second-order valence-electron chi connectivity index (χ2n) is 4.12. The molecule has 0 saturated heterocycles. The molecule has 1 amide bonds. The number of hydrogen-bond acceptors (Lipinski definition) is 1. The zero-order valence-corrected chi connectivity index (χ0v) is 10.3. The summed E-state index contributed by atoms with van der Waals surface area (Å²) in [6.45, 7) is 0.779. The quantitative estimate of drug-likeness (QED) is 0.883. The van der Waals surface area contributed by atoms with Crippen LogP contribution in [0, 0.1) is 5.92 Å². The van der Waals surface area contributed by atoms with Gasteiger partial charge in [0.05, 0.1) is 6.42 Å². The maximum Gasteiger partial charge on any atom is 0.224 e. The number of amides is 1. The largest absolute Gasteiger partial charge is 0.356 e. The molecule has 16 heavy (non-hydrogen) atoms. The molecule has 1 aromatic rings. The standard InChI is InChI=1S/C12H13Cl2NO/c13-10-2-1-3-11(14)9(10)6-12(16)15-7-8-4-5-8/h1-3,8H,4-7H2,(H,15,16). The van der Waals surface area contributed by atoms with Crippen LogP contribution in [-0.2, 0) is 11.2 Å². The summed E-state index contributed by atoms with van der Waals surface area (Å²) < 4.78 is 0. The normalized spacial score (nSPS) is 14.9. The van der Waals surface area contributed by atoms with Crippen LogP contribution in [0.4, 0.5) is 0 Å². The Labute approximate surface area is 105 Å².